The molecule has 0 N–H and O–H groups in total. The minimum absolute atomic E-state index is 0. The second-order valence-electron chi connectivity index (χ2n) is 7.87. The van der Waals surface area contributed by atoms with Crippen LogP contribution in [0.15, 0.2) is 36.4 Å². The number of nitrogens with zero attached hydrogens (tertiary/aromatic N) is 2. The van der Waals surface area contributed by atoms with E-state index in [-0.39, 0.29) is 36.8 Å². The molecule has 1 fully saturated rings. The highest BCUT2D eigenvalue weighted by atomic mass is 35.5. The van der Waals surface area contributed by atoms with Gasteiger partial charge in [-0.15, -0.1) is 12.4 Å². The molecule has 2 heterocycles. The van der Waals surface area contributed by atoms with Crippen molar-refractivity contribution in [1.82, 2.24) is 9.80 Å². The molecule has 2 aliphatic rings. The average molecular weight is 486 g/mol. The lowest BCUT2D eigenvalue weighted by molar-refractivity contribution is -0.133. The molecule has 0 bridgehead atoms. The van der Waals surface area contributed by atoms with Crippen LogP contribution in [-0.2, 0) is 11.2 Å². The maximum Gasteiger partial charge on any atom is 0.227 e. The second-order valence-corrected chi connectivity index (χ2v) is 8.69. The third-order valence-electron chi connectivity index (χ3n) is 6.07. The lowest BCUT2D eigenvalue weighted by Crippen LogP contribution is -2.51. The molecular formula is C23H27Cl3N2O3. The number of rotatable bonds is 5. The molecule has 8 heteroatoms. The van der Waals surface area contributed by atoms with E-state index in [1.807, 2.05) is 36.2 Å². The zero-order chi connectivity index (χ0) is 21.3. The zero-order valence-electron chi connectivity index (χ0n) is 17.6. The Kier molecular flexibility index (Phi) is 7.98. The summed E-state index contributed by atoms with van der Waals surface area (Å²) in [6.07, 6.45) is 2.61. The first-order chi connectivity index (χ1) is 14.5. The maximum absolute atomic E-state index is 13.3. The highest BCUT2D eigenvalue weighted by Crippen LogP contribution is 2.43. The van der Waals surface area contributed by atoms with Crippen molar-refractivity contribution >= 4 is 41.5 Å². The molecule has 0 radical (unpaired) electrons. The number of methoxy groups -OCH3 is 1. The van der Waals surface area contributed by atoms with Crippen molar-refractivity contribution in [3.8, 4) is 11.5 Å². The van der Waals surface area contributed by atoms with E-state index >= 15 is 0 Å². The van der Waals surface area contributed by atoms with Crippen LogP contribution in [0.5, 0.6) is 11.5 Å². The van der Waals surface area contributed by atoms with Crippen LogP contribution in [-0.4, -0.2) is 55.6 Å². The van der Waals surface area contributed by atoms with Crippen molar-refractivity contribution in [2.45, 2.75) is 31.3 Å². The van der Waals surface area contributed by atoms with Gasteiger partial charge in [0.15, 0.2) is 11.5 Å². The molecule has 0 unspecified atom stereocenters. The lowest BCUT2D eigenvalue weighted by Gasteiger charge is -2.43. The number of para-hydroxylation sites is 1. The number of halogens is 3. The Morgan fingerprint density at radius 3 is 2.61 bits per heavy atom. The molecule has 1 saturated heterocycles. The number of hydrogen-bond acceptors (Lipinski definition) is 4. The van der Waals surface area contributed by atoms with Gasteiger partial charge in [0.05, 0.1) is 35.7 Å². The van der Waals surface area contributed by atoms with Crippen LogP contribution in [0.4, 0.5) is 0 Å². The van der Waals surface area contributed by atoms with Gasteiger partial charge in [0.2, 0.25) is 5.91 Å². The Labute approximate surface area is 199 Å². The van der Waals surface area contributed by atoms with E-state index in [9.17, 15) is 4.79 Å². The molecule has 0 aromatic heterocycles. The van der Waals surface area contributed by atoms with E-state index < -0.39 is 0 Å². The van der Waals surface area contributed by atoms with E-state index in [1.165, 1.54) is 12.8 Å². The summed E-state index contributed by atoms with van der Waals surface area (Å²) in [5.41, 5.74) is 1.83. The van der Waals surface area contributed by atoms with Gasteiger partial charge in [-0.05, 0) is 49.7 Å². The molecule has 0 aliphatic carbocycles. The highest BCUT2D eigenvalue weighted by Gasteiger charge is 2.40. The quantitative estimate of drug-likeness (QED) is 0.596. The van der Waals surface area contributed by atoms with Gasteiger partial charge >= 0.3 is 0 Å². The SMILES string of the molecule is COc1cccc2c1OC[C@H](N1CCCC1)[C@H]2N(C)C(=O)Cc1ccc(Cl)c(Cl)c1.Cl. The molecule has 31 heavy (non-hydrogen) atoms. The van der Waals surface area contributed by atoms with Gasteiger partial charge in [0.25, 0.3) is 0 Å². The fourth-order valence-electron chi connectivity index (χ4n) is 4.50. The standard InChI is InChI=1S/C23H26Cl2N2O3.ClH/c1-26(21(28)13-15-8-9-17(24)18(25)12-15)22-16-6-5-7-20(29-2)23(16)30-14-19(22)27-10-3-4-11-27;/h5-9,12,19,22H,3-4,10-11,13-14H2,1-2H3;1H/t19-,22-;/m0./s1. The topological polar surface area (TPSA) is 42.0 Å². The second kappa shape index (κ2) is 10.3. The van der Waals surface area contributed by atoms with Crippen LogP contribution >= 0.6 is 35.6 Å². The van der Waals surface area contributed by atoms with Gasteiger partial charge in [-0.2, -0.15) is 0 Å². The van der Waals surface area contributed by atoms with Gasteiger partial charge in [-0.3, -0.25) is 9.69 Å². The molecule has 0 saturated carbocycles. The number of likely N-dealkylation sites (N-methyl/N-ethyl adjacent to an activating group) is 1. The molecule has 4 rings (SSSR count). The van der Waals surface area contributed by atoms with E-state index in [0.717, 1.165) is 30.0 Å². The fraction of sp³-hybridized carbons (Fsp3) is 0.435. The van der Waals surface area contributed by atoms with Crippen LogP contribution in [0, 0.1) is 0 Å². The predicted octanol–water partition coefficient (Wildman–Crippen LogP) is 5.02. The smallest absolute Gasteiger partial charge is 0.227 e. The van der Waals surface area contributed by atoms with Gasteiger partial charge in [0, 0.05) is 12.6 Å². The van der Waals surface area contributed by atoms with E-state index in [2.05, 4.69) is 4.90 Å². The normalized spacial score (nSPS) is 20.4. The molecule has 1 amide bonds. The molecule has 2 aromatic rings. The summed E-state index contributed by atoms with van der Waals surface area (Å²) >= 11 is 12.2. The first kappa shape index (κ1) is 24.0. The van der Waals surface area contributed by atoms with Crippen molar-refractivity contribution in [3.05, 3.63) is 57.6 Å². The Morgan fingerprint density at radius 1 is 1.19 bits per heavy atom. The molecule has 2 aliphatic heterocycles. The number of amides is 1. The van der Waals surface area contributed by atoms with E-state index in [4.69, 9.17) is 32.7 Å². The number of carbonyl (C=O) groups excluding carboxylic acids is 1. The lowest BCUT2D eigenvalue weighted by atomic mass is 9.93. The van der Waals surface area contributed by atoms with Gasteiger partial charge in [-0.25, -0.2) is 0 Å². The van der Waals surface area contributed by atoms with Gasteiger partial charge in [0.1, 0.15) is 6.61 Å². The number of ether oxygens (including phenoxy) is 2. The Morgan fingerprint density at radius 2 is 1.94 bits per heavy atom. The van der Waals surface area contributed by atoms with Crippen molar-refractivity contribution < 1.29 is 14.3 Å². The largest absolute Gasteiger partial charge is 0.493 e. The van der Waals surface area contributed by atoms with Gasteiger partial charge < -0.3 is 14.4 Å². The van der Waals surface area contributed by atoms with E-state index in [0.29, 0.717) is 22.4 Å². The third-order valence-corrected chi connectivity index (χ3v) is 6.81. The minimum Gasteiger partial charge on any atom is -0.493 e. The van der Waals surface area contributed by atoms with Crippen molar-refractivity contribution in [1.29, 1.82) is 0 Å². The van der Waals surface area contributed by atoms with Crippen LogP contribution in [0.1, 0.15) is 30.0 Å². The molecule has 168 valence electrons. The number of benzene rings is 2. The number of fused-ring (bicyclic) bond motifs is 1. The van der Waals surface area contributed by atoms with Crippen LogP contribution in [0.2, 0.25) is 10.0 Å². The fourth-order valence-corrected chi connectivity index (χ4v) is 4.82. The summed E-state index contributed by atoms with van der Waals surface area (Å²) in [6.45, 7) is 2.58. The highest BCUT2D eigenvalue weighted by molar-refractivity contribution is 6.42. The first-order valence-electron chi connectivity index (χ1n) is 10.2. The Balaban J connectivity index is 0.00000272. The Bertz CT molecular complexity index is 934. The minimum atomic E-state index is -0.114. The zero-order valence-corrected chi connectivity index (χ0v) is 20.0. The Hall–Kier alpha value is -1.66. The molecule has 2 aromatic carbocycles. The molecule has 5 nitrogen and oxygen atoms in total. The first-order valence-corrected chi connectivity index (χ1v) is 11.0. The van der Waals surface area contributed by atoms with Crippen LogP contribution < -0.4 is 9.47 Å². The molecule has 2 atom stereocenters. The monoisotopic (exact) mass is 484 g/mol. The summed E-state index contributed by atoms with van der Waals surface area (Å²) in [6, 6.07) is 11.2. The molecular weight excluding hydrogens is 459 g/mol. The van der Waals surface area contributed by atoms with Crippen molar-refractivity contribution in [2.24, 2.45) is 0 Å². The van der Waals surface area contributed by atoms with E-state index in [1.54, 1.807) is 19.2 Å². The summed E-state index contributed by atoms with van der Waals surface area (Å²) in [7, 11) is 3.52. The third kappa shape index (κ3) is 4.90. The molecule has 0 spiro atoms. The van der Waals surface area contributed by atoms with Crippen LogP contribution in [0.25, 0.3) is 0 Å². The summed E-state index contributed by atoms with van der Waals surface area (Å²) in [4.78, 5) is 17.6. The van der Waals surface area contributed by atoms with Gasteiger partial charge in [-0.1, -0.05) is 41.4 Å². The summed E-state index contributed by atoms with van der Waals surface area (Å²) in [5, 5.41) is 0.946. The van der Waals surface area contributed by atoms with Crippen molar-refractivity contribution in [2.75, 3.05) is 33.9 Å². The van der Waals surface area contributed by atoms with Crippen molar-refractivity contribution in [3.63, 3.8) is 0 Å². The predicted molar refractivity (Wildman–Crippen MR) is 126 cm³/mol. The average Bonchev–Trinajstić information content (AvgIpc) is 3.29. The van der Waals surface area contributed by atoms with Crippen LogP contribution in [0.3, 0.4) is 0 Å². The maximum atomic E-state index is 13.3. The number of carbonyl (C=O) groups is 1. The summed E-state index contributed by atoms with van der Waals surface area (Å²) < 4.78 is 11.7. The number of likely N-dealkylation sites (tertiary alicyclic amines) is 1. The summed E-state index contributed by atoms with van der Waals surface area (Å²) in [5.74, 6) is 1.45. The number of hydrogen-bond donors (Lipinski definition) is 0.